The summed E-state index contributed by atoms with van der Waals surface area (Å²) in [5.74, 6) is 1.28. The van der Waals surface area contributed by atoms with Crippen molar-refractivity contribution in [3.8, 4) is 6.07 Å². The van der Waals surface area contributed by atoms with Crippen LogP contribution in [0, 0.1) is 21.4 Å². The highest BCUT2D eigenvalue weighted by Gasteiger charge is 2.33. The Labute approximate surface area is 161 Å². The lowest BCUT2D eigenvalue weighted by Gasteiger charge is -2.34. The van der Waals surface area contributed by atoms with Crippen LogP contribution in [0.1, 0.15) is 35.9 Å². The average Bonchev–Trinajstić information content (AvgIpc) is 3.47. The summed E-state index contributed by atoms with van der Waals surface area (Å²) in [5, 5.41) is 20.4. The number of carbonyl (C=O) groups excluding carboxylic acids is 1. The van der Waals surface area contributed by atoms with Gasteiger partial charge in [-0.15, -0.1) is 0 Å². The van der Waals surface area contributed by atoms with Gasteiger partial charge in [0.1, 0.15) is 6.07 Å². The number of amides is 1. The van der Waals surface area contributed by atoms with Crippen molar-refractivity contribution in [1.29, 1.82) is 5.26 Å². The van der Waals surface area contributed by atoms with Crippen LogP contribution >= 0.6 is 0 Å². The van der Waals surface area contributed by atoms with Gasteiger partial charge in [0, 0.05) is 43.7 Å². The van der Waals surface area contributed by atoms with Gasteiger partial charge in [0.2, 0.25) is 23.4 Å². The smallest absolute Gasteiger partial charge is 0.273 e. The number of carbonyl (C=O) groups is 1. The highest BCUT2D eigenvalue weighted by atomic mass is 16.6. The van der Waals surface area contributed by atoms with E-state index in [4.69, 9.17) is 4.42 Å². The van der Waals surface area contributed by atoms with E-state index in [2.05, 4.69) is 11.1 Å². The van der Waals surface area contributed by atoms with Crippen molar-refractivity contribution in [3.05, 3.63) is 51.5 Å². The predicted octanol–water partition coefficient (Wildman–Crippen LogP) is 2.22. The Hall–Kier alpha value is -3.41. The summed E-state index contributed by atoms with van der Waals surface area (Å²) in [4.78, 5) is 31.2. The van der Waals surface area contributed by atoms with E-state index < -0.39 is 4.92 Å². The molecule has 2 aliphatic rings. The number of hydrogen-bond acceptors (Lipinski definition) is 7. The Morgan fingerprint density at radius 1 is 1.29 bits per heavy atom. The predicted molar refractivity (Wildman–Crippen MR) is 98.8 cm³/mol. The first-order valence-corrected chi connectivity index (χ1v) is 9.22. The Bertz CT molecular complexity index is 951. The van der Waals surface area contributed by atoms with E-state index in [1.807, 2.05) is 4.90 Å². The van der Waals surface area contributed by atoms with Crippen LogP contribution < -0.4 is 4.90 Å². The quantitative estimate of drug-likeness (QED) is 0.576. The molecular formula is C19H19N5O4. The zero-order valence-electron chi connectivity index (χ0n) is 15.2. The summed E-state index contributed by atoms with van der Waals surface area (Å²) in [7, 11) is 0. The topological polar surface area (TPSA) is 117 Å². The van der Waals surface area contributed by atoms with Crippen LogP contribution in [0.15, 0.2) is 28.7 Å². The highest BCUT2D eigenvalue weighted by molar-refractivity contribution is 5.80. The van der Waals surface area contributed by atoms with Gasteiger partial charge in [0.25, 0.3) is 5.69 Å². The lowest BCUT2D eigenvalue weighted by Crippen LogP contribution is -2.49. The number of oxazole rings is 1. The van der Waals surface area contributed by atoms with Crippen molar-refractivity contribution >= 4 is 17.5 Å². The highest BCUT2D eigenvalue weighted by Crippen LogP contribution is 2.41. The number of hydrogen-bond donors (Lipinski definition) is 0. The molecule has 9 nitrogen and oxygen atoms in total. The first-order valence-electron chi connectivity index (χ1n) is 9.22. The molecule has 1 aliphatic carbocycles. The molecule has 0 N–H and O–H groups in total. The first kappa shape index (κ1) is 18.0. The monoisotopic (exact) mass is 381 g/mol. The minimum atomic E-state index is -0.467. The van der Waals surface area contributed by atoms with Crippen molar-refractivity contribution in [2.75, 3.05) is 31.1 Å². The molecule has 4 rings (SSSR count). The second kappa shape index (κ2) is 7.31. The van der Waals surface area contributed by atoms with Gasteiger partial charge in [-0.25, -0.2) is 4.98 Å². The Balaban J connectivity index is 1.40. The third-order valence-corrected chi connectivity index (χ3v) is 5.11. The molecule has 1 aliphatic heterocycles. The fourth-order valence-electron chi connectivity index (χ4n) is 3.39. The Kier molecular flexibility index (Phi) is 4.69. The maximum Gasteiger partial charge on any atom is 0.273 e. The summed E-state index contributed by atoms with van der Waals surface area (Å²) in [6.45, 7) is 1.97. The number of rotatable bonds is 5. The molecule has 1 aromatic carbocycles. The normalized spacial score (nSPS) is 16.7. The van der Waals surface area contributed by atoms with Crippen LogP contribution in [-0.4, -0.2) is 46.9 Å². The molecule has 0 spiro atoms. The number of nitro groups is 1. The number of para-hydroxylation sites is 1. The minimum Gasteiger partial charge on any atom is -0.423 e. The third kappa shape index (κ3) is 3.53. The van der Waals surface area contributed by atoms with E-state index in [-0.39, 0.29) is 18.0 Å². The van der Waals surface area contributed by atoms with Crippen LogP contribution in [0.25, 0.3) is 0 Å². The van der Waals surface area contributed by atoms with E-state index in [9.17, 15) is 20.2 Å². The standard InChI is InChI=1S/C19H19N5O4/c20-12-15-19(28-18(21-15)13-5-6-13)23-9-7-22(8-10-23)17(25)11-14-3-1-2-4-16(14)24(26)27/h1-4,13H,5-11H2. The molecule has 0 bridgehead atoms. The van der Waals surface area contributed by atoms with Gasteiger partial charge in [0.15, 0.2) is 0 Å². The fraction of sp³-hybridized carbons (Fsp3) is 0.421. The molecule has 1 amide bonds. The maximum absolute atomic E-state index is 12.6. The van der Waals surface area contributed by atoms with Gasteiger partial charge in [-0.05, 0) is 12.8 Å². The molecule has 0 atom stereocenters. The van der Waals surface area contributed by atoms with Crippen LogP contribution in [0.5, 0.6) is 0 Å². The fourth-order valence-corrected chi connectivity index (χ4v) is 3.39. The molecular weight excluding hydrogens is 362 g/mol. The molecule has 2 aromatic rings. The Morgan fingerprint density at radius 3 is 2.64 bits per heavy atom. The summed E-state index contributed by atoms with van der Waals surface area (Å²) in [5.41, 5.74) is 0.667. The molecule has 1 aromatic heterocycles. The second-order valence-corrected chi connectivity index (χ2v) is 7.02. The van der Waals surface area contributed by atoms with Crippen LogP contribution in [0.2, 0.25) is 0 Å². The zero-order chi connectivity index (χ0) is 19.7. The number of nitriles is 1. The Morgan fingerprint density at radius 2 is 2.00 bits per heavy atom. The second-order valence-electron chi connectivity index (χ2n) is 7.02. The molecule has 144 valence electrons. The van der Waals surface area contributed by atoms with E-state index in [1.165, 1.54) is 6.07 Å². The molecule has 0 unspecified atom stereocenters. The van der Waals surface area contributed by atoms with Crippen molar-refractivity contribution in [1.82, 2.24) is 9.88 Å². The van der Waals surface area contributed by atoms with Crippen molar-refractivity contribution in [2.45, 2.75) is 25.2 Å². The molecule has 9 heteroatoms. The van der Waals surface area contributed by atoms with Gasteiger partial charge in [-0.3, -0.25) is 14.9 Å². The molecule has 1 saturated carbocycles. The third-order valence-electron chi connectivity index (χ3n) is 5.11. The average molecular weight is 381 g/mol. The molecule has 2 heterocycles. The summed E-state index contributed by atoms with van der Waals surface area (Å²) in [6.07, 6.45) is 2.08. The summed E-state index contributed by atoms with van der Waals surface area (Å²) >= 11 is 0. The first-order chi connectivity index (χ1) is 13.6. The number of nitro benzene ring substituents is 1. The summed E-state index contributed by atoms with van der Waals surface area (Å²) in [6, 6.07) is 8.39. The van der Waals surface area contributed by atoms with Gasteiger partial charge in [0.05, 0.1) is 11.3 Å². The zero-order valence-corrected chi connectivity index (χ0v) is 15.2. The number of benzene rings is 1. The molecule has 28 heavy (non-hydrogen) atoms. The lowest BCUT2D eigenvalue weighted by atomic mass is 10.1. The largest absolute Gasteiger partial charge is 0.423 e. The number of aromatic nitrogens is 1. The van der Waals surface area contributed by atoms with Crippen LogP contribution in [-0.2, 0) is 11.2 Å². The van der Waals surface area contributed by atoms with Crippen molar-refractivity contribution in [3.63, 3.8) is 0 Å². The summed E-state index contributed by atoms with van der Waals surface area (Å²) < 4.78 is 5.82. The minimum absolute atomic E-state index is 0.00522. The number of nitrogens with zero attached hydrogens (tertiary/aromatic N) is 5. The van der Waals surface area contributed by atoms with Crippen molar-refractivity contribution < 1.29 is 14.1 Å². The van der Waals surface area contributed by atoms with E-state index in [0.717, 1.165) is 12.8 Å². The van der Waals surface area contributed by atoms with Gasteiger partial charge < -0.3 is 14.2 Å². The van der Waals surface area contributed by atoms with Crippen LogP contribution in [0.3, 0.4) is 0 Å². The number of anilines is 1. The van der Waals surface area contributed by atoms with Gasteiger partial charge in [-0.2, -0.15) is 5.26 Å². The van der Waals surface area contributed by atoms with Gasteiger partial charge in [-0.1, -0.05) is 18.2 Å². The molecule has 2 fully saturated rings. The van der Waals surface area contributed by atoms with Gasteiger partial charge >= 0.3 is 0 Å². The van der Waals surface area contributed by atoms with E-state index >= 15 is 0 Å². The molecule has 0 radical (unpaired) electrons. The van der Waals surface area contributed by atoms with Crippen LogP contribution in [0.4, 0.5) is 11.6 Å². The van der Waals surface area contributed by atoms with E-state index in [0.29, 0.717) is 55.1 Å². The number of piperazine rings is 1. The van der Waals surface area contributed by atoms with Crippen molar-refractivity contribution in [2.24, 2.45) is 0 Å². The lowest BCUT2D eigenvalue weighted by molar-refractivity contribution is -0.385. The van der Waals surface area contributed by atoms with E-state index in [1.54, 1.807) is 23.1 Å². The molecule has 1 saturated heterocycles. The maximum atomic E-state index is 12.6. The SMILES string of the molecule is N#Cc1nc(C2CC2)oc1N1CCN(C(=O)Cc2ccccc2[N+](=O)[O-])CC1.